The van der Waals surface area contributed by atoms with Crippen LogP contribution in [0.25, 0.3) is 0 Å². The van der Waals surface area contributed by atoms with Gasteiger partial charge < -0.3 is 19.2 Å². The van der Waals surface area contributed by atoms with Gasteiger partial charge in [-0.15, -0.1) is 0 Å². The standard InChI is InChI=1S/C24H28F2N2O3/c1-16(11-17(2)29)18-3-6-21(7-4-18)31-22-9-10-28(14-22)20-5-8-23(27-13-20)30-15-19-12-24(19,25)26/h3-8,13,16,19,22H,9-12,14-15H2,1-2H3/t16-,19?,22?/m1/s1. The molecule has 2 aliphatic rings. The number of benzene rings is 1. The van der Waals surface area contributed by atoms with Crippen molar-refractivity contribution in [2.24, 2.45) is 5.92 Å². The highest BCUT2D eigenvalue weighted by molar-refractivity contribution is 5.76. The van der Waals surface area contributed by atoms with Crippen LogP contribution in [0.3, 0.4) is 0 Å². The number of Topliss-reactive ketones (excluding diaryl/α,β-unsaturated/α-hetero) is 1. The number of nitrogens with zero attached hydrogens (tertiary/aromatic N) is 2. The molecular weight excluding hydrogens is 402 g/mol. The zero-order valence-corrected chi connectivity index (χ0v) is 17.9. The highest BCUT2D eigenvalue weighted by atomic mass is 19.3. The summed E-state index contributed by atoms with van der Waals surface area (Å²) >= 11 is 0. The Labute approximate surface area is 181 Å². The number of rotatable bonds is 9. The van der Waals surface area contributed by atoms with Crippen molar-refractivity contribution in [1.82, 2.24) is 4.98 Å². The maximum atomic E-state index is 12.9. The summed E-state index contributed by atoms with van der Waals surface area (Å²) in [4.78, 5) is 17.8. The van der Waals surface area contributed by atoms with Crippen LogP contribution in [-0.4, -0.2) is 42.5 Å². The number of halogens is 2. The summed E-state index contributed by atoms with van der Waals surface area (Å²) in [7, 11) is 0. The topological polar surface area (TPSA) is 51.7 Å². The molecule has 1 aliphatic carbocycles. The molecule has 2 fully saturated rings. The van der Waals surface area contributed by atoms with Crippen molar-refractivity contribution in [3.63, 3.8) is 0 Å². The minimum absolute atomic E-state index is 0.00525. The highest BCUT2D eigenvalue weighted by Crippen LogP contribution is 2.48. The lowest BCUT2D eigenvalue weighted by molar-refractivity contribution is -0.117. The lowest BCUT2D eigenvalue weighted by Crippen LogP contribution is -2.24. The number of ether oxygens (including phenoxy) is 2. The molecule has 1 aromatic heterocycles. The summed E-state index contributed by atoms with van der Waals surface area (Å²) < 4.78 is 37.4. The number of alkyl halides is 2. The molecule has 1 aliphatic heterocycles. The van der Waals surface area contributed by atoms with Gasteiger partial charge in [0, 0.05) is 31.9 Å². The molecule has 166 valence electrons. The SMILES string of the molecule is CC(=O)C[C@@H](C)c1ccc(OC2CCN(c3ccc(OCC4CC4(F)F)nc3)C2)cc1. The van der Waals surface area contributed by atoms with Crippen LogP contribution in [0.15, 0.2) is 42.6 Å². The smallest absolute Gasteiger partial charge is 0.255 e. The summed E-state index contributed by atoms with van der Waals surface area (Å²) in [6.45, 7) is 5.28. The van der Waals surface area contributed by atoms with E-state index < -0.39 is 11.8 Å². The van der Waals surface area contributed by atoms with E-state index in [-0.39, 0.29) is 30.8 Å². The first-order chi connectivity index (χ1) is 14.8. The molecule has 0 radical (unpaired) electrons. The van der Waals surface area contributed by atoms with E-state index in [0.29, 0.717) is 12.3 Å². The van der Waals surface area contributed by atoms with E-state index in [9.17, 15) is 13.6 Å². The Morgan fingerprint density at radius 3 is 2.61 bits per heavy atom. The fourth-order valence-electron chi connectivity index (χ4n) is 3.96. The fraction of sp³-hybridized carbons (Fsp3) is 0.500. The van der Waals surface area contributed by atoms with Crippen LogP contribution < -0.4 is 14.4 Å². The number of hydrogen-bond donors (Lipinski definition) is 0. The maximum Gasteiger partial charge on any atom is 0.255 e. The number of anilines is 1. The van der Waals surface area contributed by atoms with Crippen LogP contribution >= 0.6 is 0 Å². The highest BCUT2D eigenvalue weighted by Gasteiger charge is 2.57. The van der Waals surface area contributed by atoms with Crippen LogP contribution in [0.5, 0.6) is 11.6 Å². The molecule has 3 atom stereocenters. The van der Waals surface area contributed by atoms with Gasteiger partial charge in [0.1, 0.15) is 17.6 Å². The molecule has 2 unspecified atom stereocenters. The Morgan fingerprint density at radius 2 is 2.00 bits per heavy atom. The minimum atomic E-state index is -2.57. The molecule has 7 heteroatoms. The van der Waals surface area contributed by atoms with Gasteiger partial charge in [0.2, 0.25) is 5.88 Å². The van der Waals surface area contributed by atoms with Crippen LogP contribution in [0, 0.1) is 5.92 Å². The predicted molar refractivity (Wildman–Crippen MR) is 114 cm³/mol. The summed E-state index contributed by atoms with van der Waals surface area (Å²) in [5.74, 6) is -1.66. The minimum Gasteiger partial charge on any atom is -0.489 e. The summed E-state index contributed by atoms with van der Waals surface area (Å²) in [5, 5.41) is 0. The normalized spacial score (nSPS) is 22.8. The van der Waals surface area contributed by atoms with Gasteiger partial charge in [-0.25, -0.2) is 13.8 Å². The Hall–Kier alpha value is -2.70. The van der Waals surface area contributed by atoms with Crippen molar-refractivity contribution in [3.8, 4) is 11.6 Å². The summed E-state index contributed by atoms with van der Waals surface area (Å²) in [6.07, 6.45) is 3.14. The molecule has 1 saturated heterocycles. The van der Waals surface area contributed by atoms with Crippen LogP contribution in [0.1, 0.15) is 44.6 Å². The second-order valence-corrected chi connectivity index (χ2v) is 8.68. The number of ketones is 1. The lowest BCUT2D eigenvalue weighted by atomic mass is 9.96. The van der Waals surface area contributed by atoms with Crippen molar-refractivity contribution in [2.45, 2.75) is 51.1 Å². The molecule has 5 nitrogen and oxygen atoms in total. The molecule has 2 heterocycles. The molecule has 4 rings (SSSR count). The number of pyridine rings is 1. The van der Waals surface area contributed by atoms with Gasteiger partial charge in [0.25, 0.3) is 5.92 Å². The van der Waals surface area contributed by atoms with Gasteiger partial charge in [-0.1, -0.05) is 19.1 Å². The third-order valence-electron chi connectivity index (χ3n) is 5.96. The summed E-state index contributed by atoms with van der Waals surface area (Å²) in [6, 6.07) is 11.6. The second kappa shape index (κ2) is 8.81. The second-order valence-electron chi connectivity index (χ2n) is 8.68. The monoisotopic (exact) mass is 430 g/mol. The molecule has 2 aromatic rings. The Bertz CT molecular complexity index is 902. The van der Waals surface area contributed by atoms with Crippen molar-refractivity contribution >= 4 is 11.5 Å². The number of carbonyl (C=O) groups is 1. The average Bonchev–Trinajstić information content (AvgIpc) is 3.11. The summed E-state index contributed by atoms with van der Waals surface area (Å²) in [5.41, 5.74) is 2.10. The molecule has 31 heavy (non-hydrogen) atoms. The first-order valence-electron chi connectivity index (χ1n) is 10.8. The molecule has 1 aromatic carbocycles. The maximum absolute atomic E-state index is 12.9. The fourth-order valence-corrected chi connectivity index (χ4v) is 3.96. The number of carbonyl (C=O) groups excluding carboxylic acids is 1. The Balaban J connectivity index is 1.26. The molecule has 0 N–H and O–H groups in total. The van der Waals surface area contributed by atoms with Crippen LogP contribution in [0.2, 0.25) is 0 Å². The zero-order chi connectivity index (χ0) is 22.0. The largest absolute Gasteiger partial charge is 0.489 e. The molecule has 0 spiro atoms. The first-order valence-corrected chi connectivity index (χ1v) is 10.8. The molecule has 1 saturated carbocycles. The molecular formula is C24H28F2N2O3. The van der Waals surface area contributed by atoms with Gasteiger partial charge in [0.05, 0.1) is 31.0 Å². The van der Waals surface area contributed by atoms with E-state index in [1.165, 1.54) is 0 Å². The van der Waals surface area contributed by atoms with Gasteiger partial charge in [-0.05, 0) is 36.6 Å². The first kappa shape index (κ1) is 21.5. The van der Waals surface area contributed by atoms with E-state index >= 15 is 0 Å². The number of aromatic nitrogens is 1. The predicted octanol–water partition coefficient (Wildman–Crippen LogP) is 4.86. The van der Waals surface area contributed by atoms with E-state index in [1.54, 1.807) is 19.2 Å². The van der Waals surface area contributed by atoms with Crippen molar-refractivity contribution in [3.05, 3.63) is 48.2 Å². The Morgan fingerprint density at radius 1 is 1.26 bits per heavy atom. The van der Waals surface area contributed by atoms with Crippen molar-refractivity contribution < 1.29 is 23.0 Å². The van der Waals surface area contributed by atoms with Crippen LogP contribution in [-0.2, 0) is 4.79 Å². The van der Waals surface area contributed by atoms with Crippen LogP contribution in [0.4, 0.5) is 14.5 Å². The van der Waals surface area contributed by atoms with E-state index in [1.807, 2.05) is 30.3 Å². The Kier molecular flexibility index (Phi) is 6.12. The van der Waals surface area contributed by atoms with Gasteiger partial charge in [-0.3, -0.25) is 0 Å². The third kappa shape index (κ3) is 5.51. The molecule has 0 bridgehead atoms. The molecule has 0 amide bonds. The average molecular weight is 430 g/mol. The quantitative estimate of drug-likeness (QED) is 0.569. The van der Waals surface area contributed by atoms with Gasteiger partial charge in [-0.2, -0.15) is 0 Å². The third-order valence-corrected chi connectivity index (χ3v) is 5.96. The van der Waals surface area contributed by atoms with Crippen molar-refractivity contribution in [1.29, 1.82) is 0 Å². The number of hydrogen-bond acceptors (Lipinski definition) is 5. The van der Waals surface area contributed by atoms with E-state index in [4.69, 9.17) is 9.47 Å². The van der Waals surface area contributed by atoms with E-state index in [0.717, 1.165) is 36.5 Å². The van der Waals surface area contributed by atoms with Crippen molar-refractivity contribution in [2.75, 3.05) is 24.6 Å². The zero-order valence-electron chi connectivity index (χ0n) is 17.9. The lowest BCUT2D eigenvalue weighted by Gasteiger charge is -2.19. The van der Waals surface area contributed by atoms with Gasteiger partial charge in [0.15, 0.2) is 0 Å². The van der Waals surface area contributed by atoms with Gasteiger partial charge >= 0.3 is 0 Å². The van der Waals surface area contributed by atoms with E-state index in [2.05, 4.69) is 16.8 Å².